The predicted octanol–water partition coefficient (Wildman–Crippen LogP) is 4.68. The van der Waals surface area contributed by atoms with Crippen LogP contribution in [0.15, 0.2) is 18.2 Å². The van der Waals surface area contributed by atoms with Crippen LogP contribution in [0.5, 0.6) is 0 Å². The first-order valence-corrected chi connectivity index (χ1v) is 10.1. The first-order valence-electron chi connectivity index (χ1n) is 10.1. The van der Waals surface area contributed by atoms with E-state index in [1.165, 1.54) is 12.1 Å². The second-order valence-electron chi connectivity index (χ2n) is 8.21. The Labute approximate surface area is 167 Å². The third-order valence-corrected chi connectivity index (χ3v) is 6.03. The maximum absolute atomic E-state index is 13.0. The van der Waals surface area contributed by atoms with Crippen LogP contribution in [0.2, 0.25) is 0 Å². The number of carbonyl (C=O) groups is 1. The van der Waals surface area contributed by atoms with Crippen LogP contribution in [-0.4, -0.2) is 36.1 Å². The highest BCUT2D eigenvalue weighted by Crippen LogP contribution is 2.38. The lowest BCUT2D eigenvalue weighted by Crippen LogP contribution is -2.41. The van der Waals surface area contributed by atoms with E-state index in [4.69, 9.17) is 0 Å². The molecular formula is C20H26F3N3O3. The van der Waals surface area contributed by atoms with Gasteiger partial charge in [-0.2, -0.15) is 13.2 Å². The van der Waals surface area contributed by atoms with Gasteiger partial charge in [0.1, 0.15) is 5.69 Å². The molecule has 1 aliphatic carbocycles. The fourth-order valence-corrected chi connectivity index (χ4v) is 4.21. The quantitative estimate of drug-likeness (QED) is 0.574. The molecule has 1 saturated carbocycles. The van der Waals surface area contributed by atoms with Gasteiger partial charge in [0, 0.05) is 30.8 Å². The molecule has 0 spiro atoms. The predicted molar refractivity (Wildman–Crippen MR) is 103 cm³/mol. The molecule has 160 valence electrons. The van der Waals surface area contributed by atoms with Gasteiger partial charge < -0.3 is 10.2 Å². The lowest BCUT2D eigenvalue weighted by atomic mass is 9.85. The number of nitro groups is 1. The van der Waals surface area contributed by atoms with Gasteiger partial charge in [0.05, 0.1) is 10.8 Å². The second-order valence-corrected chi connectivity index (χ2v) is 8.21. The summed E-state index contributed by atoms with van der Waals surface area (Å²) in [5, 5.41) is 14.2. The summed E-state index contributed by atoms with van der Waals surface area (Å²) in [6.45, 7) is 3.58. The van der Waals surface area contributed by atoms with Crippen LogP contribution in [0.4, 0.5) is 24.5 Å². The number of hydrogen-bond donors (Lipinski definition) is 1. The molecule has 2 fully saturated rings. The average Bonchev–Trinajstić information content (AvgIpc) is 2.67. The highest BCUT2D eigenvalue weighted by atomic mass is 19.4. The molecule has 1 heterocycles. The number of nitrogens with zero attached hydrogens (tertiary/aromatic N) is 2. The minimum absolute atomic E-state index is 0.0739. The molecule has 3 rings (SSSR count). The molecule has 6 nitrogen and oxygen atoms in total. The van der Waals surface area contributed by atoms with E-state index < -0.39 is 29.0 Å². The molecule has 0 aromatic heterocycles. The molecule has 2 atom stereocenters. The molecule has 1 aromatic carbocycles. The summed E-state index contributed by atoms with van der Waals surface area (Å²) in [4.78, 5) is 25.6. The monoisotopic (exact) mass is 413 g/mol. The van der Waals surface area contributed by atoms with E-state index in [9.17, 15) is 28.1 Å². The number of amides is 1. The van der Waals surface area contributed by atoms with E-state index in [1.807, 2.05) is 4.90 Å². The molecule has 29 heavy (non-hydrogen) atoms. The molecule has 1 aromatic rings. The molecule has 9 heteroatoms. The van der Waals surface area contributed by atoms with Crippen LogP contribution in [0, 0.1) is 22.0 Å². The normalized spacial score (nSPS) is 23.7. The van der Waals surface area contributed by atoms with Crippen molar-refractivity contribution in [3.05, 3.63) is 33.9 Å². The van der Waals surface area contributed by atoms with E-state index in [0.29, 0.717) is 37.5 Å². The second kappa shape index (κ2) is 8.59. The molecule has 1 N–H and O–H groups in total. The van der Waals surface area contributed by atoms with E-state index in [2.05, 4.69) is 12.2 Å². The van der Waals surface area contributed by atoms with Gasteiger partial charge in [-0.3, -0.25) is 14.9 Å². The number of hydrogen-bond acceptors (Lipinski definition) is 4. The summed E-state index contributed by atoms with van der Waals surface area (Å²) in [7, 11) is 0. The molecule has 0 radical (unpaired) electrons. The molecule has 1 aliphatic heterocycles. The van der Waals surface area contributed by atoms with Gasteiger partial charge in [-0.05, 0) is 50.2 Å². The standard InChI is InChI=1S/C20H26F3N3O3/c1-13-7-9-25(10-8-13)17-6-5-14(11-18(17)26(28)29)19(27)24-16-4-2-3-15(12-16)20(21,22)23/h5-6,11,13,15-16H,2-4,7-10,12H2,1H3,(H,24,27). The number of halogens is 3. The summed E-state index contributed by atoms with van der Waals surface area (Å²) in [5.41, 5.74) is 0.428. The number of benzene rings is 1. The highest BCUT2D eigenvalue weighted by Gasteiger charge is 2.42. The van der Waals surface area contributed by atoms with Crippen molar-refractivity contribution in [2.45, 2.75) is 57.7 Å². The van der Waals surface area contributed by atoms with Crippen molar-refractivity contribution in [1.82, 2.24) is 5.32 Å². The van der Waals surface area contributed by atoms with Gasteiger partial charge in [0.15, 0.2) is 0 Å². The molecule has 2 unspecified atom stereocenters. The van der Waals surface area contributed by atoms with Gasteiger partial charge in [0.25, 0.3) is 11.6 Å². The number of anilines is 1. The van der Waals surface area contributed by atoms with Crippen LogP contribution >= 0.6 is 0 Å². The first-order chi connectivity index (χ1) is 13.6. The van der Waals surface area contributed by atoms with Crippen molar-refractivity contribution in [2.24, 2.45) is 11.8 Å². The Morgan fingerprint density at radius 3 is 2.52 bits per heavy atom. The van der Waals surface area contributed by atoms with E-state index >= 15 is 0 Å². The van der Waals surface area contributed by atoms with E-state index in [1.54, 1.807) is 6.07 Å². The smallest absolute Gasteiger partial charge is 0.366 e. The maximum Gasteiger partial charge on any atom is 0.391 e. The van der Waals surface area contributed by atoms with Crippen LogP contribution in [0.25, 0.3) is 0 Å². The third kappa shape index (κ3) is 5.19. The maximum atomic E-state index is 13.0. The lowest BCUT2D eigenvalue weighted by molar-refractivity contribution is -0.384. The molecule has 1 saturated heterocycles. The summed E-state index contributed by atoms with van der Waals surface area (Å²) < 4.78 is 38.9. The van der Waals surface area contributed by atoms with Crippen molar-refractivity contribution in [3.63, 3.8) is 0 Å². The van der Waals surface area contributed by atoms with Gasteiger partial charge in [-0.1, -0.05) is 13.3 Å². The number of nitrogens with one attached hydrogen (secondary N) is 1. The zero-order chi connectivity index (χ0) is 21.2. The van der Waals surface area contributed by atoms with Crippen LogP contribution in [0.1, 0.15) is 55.8 Å². The number of rotatable bonds is 4. The summed E-state index contributed by atoms with van der Waals surface area (Å²) in [6.07, 6.45) is -1.59. The third-order valence-electron chi connectivity index (χ3n) is 6.03. The fourth-order valence-electron chi connectivity index (χ4n) is 4.21. The zero-order valence-corrected chi connectivity index (χ0v) is 16.4. The van der Waals surface area contributed by atoms with Gasteiger partial charge in [-0.25, -0.2) is 0 Å². The SMILES string of the molecule is CC1CCN(c2ccc(C(=O)NC3CCCC(C(F)(F)F)C3)cc2[N+](=O)[O-])CC1. The summed E-state index contributed by atoms with van der Waals surface area (Å²) in [6, 6.07) is 3.74. The Bertz CT molecular complexity index is 761. The molecule has 1 amide bonds. The molecule has 2 aliphatic rings. The first kappa shape index (κ1) is 21.4. The number of piperidine rings is 1. The molecule has 0 bridgehead atoms. The van der Waals surface area contributed by atoms with Crippen molar-refractivity contribution in [2.75, 3.05) is 18.0 Å². The van der Waals surface area contributed by atoms with Gasteiger partial charge in [-0.15, -0.1) is 0 Å². The minimum atomic E-state index is -4.27. The topological polar surface area (TPSA) is 75.5 Å². The summed E-state index contributed by atoms with van der Waals surface area (Å²) in [5.74, 6) is -1.41. The average molecular weight is 413 g/mol. The number of nitro benzene ring substituents is 1. The summed E-state index contributed by atoms with van der Waals surface area (Å²) >= 11 is 0. The van der Waals surface area contributed by atoms with Crippen molar-refractivity contribution in [1.29, 1.82) is 0 Å². The Morgan fingerprint density at radius 2 is 1.90 bits per heavy atom. The Balaban J connectivity index is 1.72. The Kier molecular flexibility index (Phi) is 6.33. The zero-order valence-electron chi connectivity index (χ0n) is 16.4. The van der Waals surface area contributed by atoms with Gasteiger partial charge >= 0.3 is 6.18 Å². The van der Waals surface area contributed by atoms with Gasteiger partial charge in [0.2, 0.25) is 0 Å². The fraction of sp³-hybridized carbons (Fsp3) is 0.650. The van der Waals surface area contributed by atoms with Crippen LogP contribution in [-0.2, 0) is 0 Å². The lowest BCUT2D eigenvalue weighted by Gasteiger charge is -2.32. The minimum Gasteiger partial charge on any atom is -0.366 e. The molecular weight excluding hydrogens is 387 g/mol. The highest BCUT2D eigenvalue weighted by molar-refractivity contribution is 5.96. The van der Waals surface area contributed by atoms with Crippen molar-refractivity contribution >= 4 is 17.3 Å². The largest absolute Gasteiger partial charge is 0.391 e. The van der Waals surface area contributed by atoms with E-state index in [-0.39, 0.29) is 24.1 Å². The van der Waals surface area contributed by atoms with Crippen molar-refractivity contribution < 1.29 is 22.9 Å². The van der Waals surface area contributed by atoms with E-state index in [0.717, 1.165) is 12.8 Å². The van der Waals surface area contributed by atoms with Crippen LogP contribution in [0.3, 0.4) is 0 Å². The Morgan fingerprint density at radius 1 is 1.21 bits per heavy atom. The Hall–Kier alpha value is -2.32. The number of alkyl halides is 3. The van der Waals surface area contributed by atoms with Crippen molar-refractivity contribution in [3.8, 4) is 0 Å². The van der Waals surface area contributed by atoms with Crippen LogP contribution < -0.4 is 10.2 Å². The number of carbonyl (C=O) groups excluding carboxylic acids is 1.